The highest BCUT2D eigenvalue weighted by Crippen LogP contribution is 2.37. The molecule has 1 saturated carbocycles. The summed E-state index contributed by atoms with van der Waals surface area (Å²) in [5.41, 5.74) is -1.39. The summed E-state index contributed by atoms with van der Waals surface area (Å²) in [5.74, 6) is -2.69. The van der Waals surface area contributed by atoms with E-state index in [0.717, 1.165) is 0 Å². The lowest BCUT2D eigenvalue weighted by atomic mass is 9.86. The van der Waals surface area contributed by atoms with Crippen LogP contribution in [0.4, 0.5) is 13.2 Å². The van der Waals surface area contributed by atoms with Crippen molar-refractivity contribution < 1.29 is 27.9 Å². The largest absolute Gasteiger partial charge is 0.480 e. The number of halogens is 3. The first-order chi connectivity index (χ1) is 8.70. The number of amides is 1. The summed E-state index contributed by atoms with van der Waals surface area (Å²) in [5, 5.41) is 19.5. The average Bonchev–Trinajstić information content (AvgIpc) is 2.75. The van der Waals surface area contributed by atoms with Gasteiger partial charge in [0.2, 0.25) is 5.91 Å². The zero-order valence-corrected chi connectivity index (χ0v) is 9.96. The fourth-order valence-electron chi connectivity index (χ4n) is 2.10. The van der Waals surface area contributed by atoms with Crippen LogP contribution in [-0.4, -0.2) is 29.2 Å². The van der Waals surface area contributed by atoms with E-state index in [0.29, 0.717) is 12.8 Å². The van der Waals surface area contributed by atoms with Crippen LogP contribution in [0.15, 0.2) is 0 Å². The maximum atomic E-state index is 12.2. The maximum Gasteiger partial charge on any atom is 0.391 e. The van der Waals surface area contributed by atoms with E-state index in [1.807, 2.05) is 5.32 Å². The summed E-state index contributed by atoms with van der Waals surface area (Å²) in [4.78, 5) is 22.6. The Morgan fingerprint density at radius 3 is 2.26 bits per heavy atom. The first-order valence-electron chi connectivity index (χ1n) is 5.72. The van der Waals surface area contributed by atoms with Crippen LogP contribution in [0.2, 0.25) is 0 Å². The second-order valence-electron chi connectivity index (χ2n) is 4.58. The summed E-state index contributed by atoms with van der Waals surface area (Å²) in [6, 6.07) is -0.259. The predicted molar refractivity (Wildman–Crippen MR) is 56.8 cm³/mol. The fourth-order valence-corrected chi connectivity index (χ4v) is 2.10. The number of carbonyl (C=O) groups excluding carboxylic acids is 1. The van der Waals surface area contributed by atoms with Crippen LogP contribution in [0.3, 0.4) is 0 Å². The van der Waals surface area contributed by atoms with Crippen LogP contribution in [0.25, 0.3) is 0 Å². The monoisotopic (exact) mass is 278 g/mol. The molecule has 0 saturated heterocycles. The molecular formula is C11H13F3N2O3. The molecule has 1 atom stereocenters. The normalized spacial score (nSPS) is 19.5. The molecule has 5 nitrogen and oxygen atoms in total. The Hall–Kier alpha value is -1.78. The molecule has 0 aromatic carbocycles. The number of carboxylic acids is 1. The molecule has 1 aliphatic carbocycles. The molecule has 1 amide bonds. The third kappa shape index (κ3) is 3.84. The third-order valence-corrected chi connectivity index (χ3v) is 3.14. The zero-order valence-electron chi connectivity index (χ0n) is 9.96. The van der Waals surface area contributed by atoms with Gasteiger partial charge < -0.3 is 10.4 Å². The van der Waals surface area contributed by atoms with Crippen molar-refractivity contribution in [2.45, 2.75) is 44.3 Å². The van der Waals surface area contributed by atoms with Crippen LogP contribution in [0.5, 0.6) is 0 Å². The number of nitrogens with one attached hydrogen (secondary N) is 1. The molecule has 0 radical (unpaired) electrons. The molecule has 0 aromatic heterocycles. The molecular weight excluding hydrogens is 265 g/mol. The Morgan fingerprint density at radius 2 is 1.89 bits per heavy atom. The van der Waals surface area contributed by atoms with Crippen LogP contribution in [0, 0.1) is 16.7 Å². The van der Waals surface area contributed by atoms with E-state index in [9.17, 15) is 22.8 Å². The Labute approximate surface area is 107 Å². The zero-order chi connectivity index (χ0) is 14.7. The van der Waals surface area contributed by atoms with Crippen LogP contribution >= 0.6 is 0 Å². The van der Waals surface area contributed by atoms with Crippen molar-refractivity contribution in [2.24, 2.45) is 5.41 Å². The summed E-state index contributed by atoms with van der Waals surface area (Å²) in [6.45, 7) is 0. The van der Waals surface area contributed by atoms with E-state index in [-0.39, 0.29) is 12.8 Å². The molecule has 106 valence electrons. The molecule has 19 heavy (non-hydrogen) atoms. The van der Waals surface area contributed by atoms with Gasteiger partial charge in [0.05, 0.1) is 12.5 Å². The van der Waals surface area contributed by atoms with Gasteiger partial charge in [-0.25, -0.2) is 4.79 Å². The Morgan fingerprint density at radius 1 is 1.37 bits per heavy atom. The van der Waals surface area contributed by atoms with E-state index in [2.05, 4.69) is 0 Å². The van der Waals surface area contributed by atoms with Crippen molar-refractivity contribution in [2.75, 3.05) is 0 Å². The van der Waals surface area contributed by atoms with Crippen molar-refractivity contribution in [3.05, 3.63) is 0 Å². The van der Waals surface area contributed by atoms with Crippen molar-refractivity contribution in [1.82, 2.24) is 5.32 Å². The second kappa shape index (κ2) is 5.47. The number of nitriles is 1. The van der Waals surface area contributed by atoms with Gasteiger partial charge in [-0.1, -0.05) is 12.8 Å². The summed E-state index contributed by atoms with van der Waals surface area (Å²) >= 11 is 0. The van der Waals surface area contributed by atoms with E-state index in [4.69, 9.17) is 10.4 Å². The first-order valence-corrected chi connectivity index (χ1v) is 5.72. The van der Waals surface area contributed by atoms with E-state index < -0.39 is 35.9 Å². The molecule has 0 bridgehead atoms. The number of rotatable bonds is 4. The first kappa shape index (κ1) is 15.3. The van der Waals surface area contributed by atoms with Crippen LogP contribution in [-0.2, 0) is 9.59 Å². The topological polar surface area (TPSA) is 90.2 Å². The van der Waals surface area contributed by atoms with Crippen molar-refractivity contribution in [3.63, 3.8) is 0 Å². The van der Waals surface area contributed by atoms with Gasteiger partial charge in [-0.15, -0.1) is 0 Å². The molecule has 1 unspecified atom stereocenters. The number of hydrogen-bond acceptors (Lipinski definition) is 3. The van der Waals surface area contributed by atoms with E-state index >= 15 is 0 Å². The maximum absolute atomic E-state index is 12.2. The van der Waals surface area contributed by atoms with Gasteiger partial charge in [-0.3, -0.25) is 4.79 Å². The van der Waals surface area contributed by atoms with Gasteiger partial charge in [0.15, 0.2) is 0 Å². The fraction of sp³-hybridized carbons (Fsp3) is 0.727. The molecule has 2 N–H and O–H groups in total. The molecule has 0 aromatic rings. The second-order valence-corrected chi connectivity index (χ2v) is 4.58. The quantitative estimate of drug-likeness (QED) is 0.817. The summed E-state index contributed by atoms with van der Waals surface area (Å²) in [6.07, 6.45) is -4.63. The molecule has 8 heteroatoms. The SMILES string of the molecule is N#CC1(C(=O)NC(CC(F)(F)F)C(=O)O)CCCC1. The molecule has 1 aliphatic rings. The Bertz CT molecular complexity index is 408. The van der Waals surface area contributed by atoms with Gasteiger partial charge in [0, 0.05) is 0 Å². The summed E-state index contributed by atoms with van der Waals surface area (Å²) in [7, 11) is 0. The van der Waals surface area contributed by atoms with Crippen LogP contribution in [0.1, 0.15) is 32.1 Å². The highest BCUT2D eigenvalue weighted by atomic mass is 19.4. The molecule has 1 fully saturated rings. The van der Waals surface area contributed by atoms with Gasteiger partial charge >= 0.3 is 12.1 Å². The van der Waals surface area contributed by atoms with E-state index in [1.165, 1.54) is 0 Å². The number of hydrogen-bond donors (Lipinski definition) is 2. The number of aliphatic carboxylic acids is 1. The standard InChI is InChI=1S/C11H13F3N2O3/c12-11(13,14)5-7(8(17)18)16-9(19)10(6-15)3-1-2-4-10/h7H,1-5H2,(H,16,19)(H,17,18). The number of alkyl halides is 3. The molecule has 1 rings (SSSR count). The van der Waals surface area contributed by atoms with Crippen molar-refractivity contribution in [1.29, 1.82) is 5.26 Å². The minimum Gasteiger partial charge on any atom is -0.480 e. The van der Waals surface area contributed by atoms with Gasteiger partial charge in [0.1, 0.15) is 11.5 Å². The number of carbonyl (C=O) groups is 2. The van der Waals surface area contributed by atoms with E-state index in [1.54, 1.807) is 6.07 Å². The molecule has 0 heterocycles. The van der Waals surface area contributed by atoms with Gasteiger partial charge in [-0.05, 0) is 12.8 Å². The van der Waals surface area contributed by atoms with Crippen molar-refractivity contribution >= 4 is 11.9 Å². The molecule has 0 spiro atoms. The summed E-state index contributed by atoms with van der Waals surface area (Å²) < 4.78 is 36.6. The molecule has 0 aliphatic heterocycles. The van der Waals surface area contributed by atoms with Gasteiger partial charge in [0.25, 0.3) is 0 Å². The van der Waals surface area contributed by atoms with Crippen LogP contribution < -0.4 is 5.32 Å². The van der Waals surface area contributed by atoms with Crippen molar-refractivity contribution in [3.8, 4) is 6.07 Å². The lowest BCUT2D eigenvalue weighted by Gasteiger charge is -2.23. The smallest absolute Gasteiger partial charge is 0.391 e. The average molecular weight is 278 g/mol. The Kier molecular flexibility index (Phi) is 4.39. The predicted octanol–water partition coefficient (Wildman–Crippen LogP) is 1.59. The highest BCUT2D eigenvalue weighted by molar-refractivity contribution is 5.89. The lowest BCUT2D eigenvalue weighted by molar-refractivity contribution is -0.160. The Balaban J connectivity index is 2.77. The minimum absolute atomic E-state index is 0.244. The lowest BCUT2D eigenvalue weighted by Crippen LogP contribution is -2.49. The van der Waals surface area contributed by atoms with Gasteiger partial charge in [-0.2, -0.15) is 18.4 Å². The number of carboxylic acid groups (broad SMARTS) is 1. The third-order valence-electron chi connectivity index (χ3n) is 3.14. The highest BCUT2D eigenvalue weighted by Gasteiger charge is 2.44. The minimum atomic E-state index is -4.70. The number of nitrogens with zero attached hydrogens (tertiary/aromatic N) is 1.